The number of carbonyl (C=O) groups excluding carboxylic acids is 1. The Hall–Kier alpha value is -3.16. The van der Waals surface area contributed by atoms with Crippen LogP contribution in [0.1, 0.15) is 42.2 Å². The molecule has 1 amide bonds. The third-order valence-corrected chi connectivity index (χ3v) is 5.45. The molecule has 2 aromatic heterocycles. The number of aryl methyl sites for hydroxylation is 4. The second-order valence-corrected chi connectivity index (χ2v) is 7.41. The number of hydrogen-bond donors (Lipinski definition) is 0. The Kier molecular flexibility index (Phi) is 5.08. The molecular formula is C21H26N6O2. The third-order valence-electron chi connectivity index (χ3n) is 5.45. The van der Waals surface area contributed by atoms with Crippen LogP contribution >= 0.6 is 0 Å². The molecule has 0 N–H and O–H groups in total. The molecular weight excluding hydrogens is 368 g/mol. The molecule has 1 aromatic carbocycles. The van der Waals surface area contributed by atoms with E-state index >= 15 is 0 Å². The van der Waals surface area contributed by atoms with Crippen LogP contribution in [-0.4, -0.2) is 41.5 Å². The maximum Gasteiger partial charge on any atom is 0.346 e. The largest absolute Gasteiger partial charge is 0.346 e. The van der Waals surface area contributed by atoms with E-state index in [1.54, 1.807) is 4.57 Å². The number of nitrogens with zero attached hydrogens (tertiary/aromatic N) is 6. The normalized spacial score (nSPS) is 16.1. The fourth-order valence-corrected chi connectivity index (χ4v) is 4.03. The molecule has 0 spiro atoms. The lowest BCUT2D eigenvalue weighted by Crippen LogP contribution is -2.45. The summed E-state index contributed by atoms with van der Waals surface area (Å²) in [7, 11) is 0. The van der Waals surface area contributed by atoms with Gasteiger partial charge in [-0.2, -0.15) is 10.2 Å². The van der Waals surface area contributed by atoms with E-state index < -0.39 is 0 Å². The molecule has 0 radical (unpaired) electrons. The smallest absolute Gasteiger partial charge is 0.326 e. The highest BCUT2D eigenvalue weighted by Crippen LogP contribution is 2.30. The van der Waals surface area contributed by atoms with Gasteiger partial charge in [0.2, 0.25) is 5.91 Å². The van der Waals surface area contributed by atoms with Gasteiger partial charge in [0.1, 0.15) is 6.04 Å². The van der Waals surface area contributed by atoms with Gasteiger partial charge in [0.15, 0.2) is 5.82 Å². The number of fused-ring (bicyclic) bond motifs is 1. The number of amides is 1. The van der Waals surface area contributed by atoms with Gasteiger partial charge in [0.25, 0.3) is 0 Å². The van der Waals surface area contributed by atoms with Crippen molar-refractivity contribution in [2.45, 2.75) is 52.9 Å². The molecule has 3 heterocycles. The van der Waals surface area contributed by atoms with Gasteiger partial charge < -0.3 is 4.90 Å². The van der Waals surface area contributed by atoms with Crippen molar-refractivity contribution in [2.24, 2.45) is 0 Å². The quantitative estimate of drug-likeness (QED) is 0.662. The lowest BCUT2D eigenvalue weighted by atomic mass is 10.0. The van der Waals surface area contributed by atoms with Gasteiger partial charge in [-0.1, -0.05) is 30.3 Å². The summed E-state index contributed by atoms with van der Waals surface area (Å²) < 4.78 is 5.04. The third kappa shape index (κ3) is 3.50. The molecule has 3 aromatic rings. The highest BCUT2D eigenvalue weighted by atomic mass is 16.2. The van der Waals surface area contributed by atoms with Gasteiger partial charge in [-0.25, -0.2) is 9.48 Å². The monoisotopic (exact) mass is 394 g/mol. The maximum atomic E-state index is 13.2. The molecule has 152 valence electrons. The standard InChI is InChI=1S/C21H26N6O2/c1-4-26-21(29)25-13-12-24(18(28)10-11-27-16(3)14-15(2)22-27)19(20(25)23-26)17-8-6-5-7-9-17/h5-9,14,19H,4,10-13H2,1-3H3. The molecule has 0 fully saturated rings. The van der Waals surface area contributed by atoms with E-state index in [4.69, 9.17) is 0 Å². The number of hydrogen-bond acceptors (Lipinski definition) is 4. The molecule has 1 atom stereocenters. The Morgan fingerprint density at radius 3 is 2.52 bits per heavy atom. The van der Waals surface area contributed by atoms with Crippen molar-refractivity contribution in [1.82, 2.24) is 29.0 Å². The molecule has 0 saturated heterocycles. The second-order valence-electron chi connectivity index (χ2n) is 7.41. The van der Waals surface area contributed by atoms with E-state index in [0.29, 0.717) is 38.4 Å². The zero-order valence-electron chi connectivity index (χ0n) is 17.1. The first-order valence-corrected chi connectivity index (χ1v) is 10.0. The van der Waals surface area contributed by atoms with E-state index in [9.17, 15) is 9.59 Å². The Morgan fingerprint density at radius 1 is 1.10 bits per heavy atom. The SMILES string of the molecule is CCn1nc2n(c1=O)CCN(C(=O)CCn1nc(C)cc1C)C2c1ccccc1. The van der Waals surface area contributed by atoms with Crippen molar-refractivity contribution in [3.8, 4) is 0 Å². The maximum absolute atomic E-state index is 13.2. The van der Waals surface area contributed by atoms with E-state index in [2.05, 4.69) is 10.2 Å². The van der Waals surface area contributed by atoms with Crippen molar-refractivity contribution in [3.63, 3.8) is 0 Å². The second kappa shape index (κ2) is 7.69. The summed E-state index contributed by atoms with van der Waals surface area (Å²) in [5, 5.41) is 9.00. The molecule has 1 aliphatic rings. The number of rotatable bonds is 5. The molecule has 1 unspecified atom stereocenters. The van der Waals surface area contributed by atoms with E-state index in [0.717, 1.165) is 17.0 Å². The minimum absolute atomic E-state index is 0.0381. The molecule has 0 aliphatic carbocycles. The average molecular weight is 394 g/mol. The number of aromatic nitrogens is 5. The van der Waals surface area contributed by atoms with Gasteiger partial charge in [0.05, 0.1) is 5.69 Å². The van der Waals surface area contributed by atoms with Crippen molar-refractivity contribution in [2.75, 3.05) is 6.54 Å². The van der Waals surface area contributed by atoms with Crippen molar-refractivity contribution in [3.05, 3.63) is 69.7 Å². The first-order valence-electron chi connectivity index (χ1n) is 10.0. The molecule has 8 nitrogen and oxygen atoms in total. The molecule has 4 rings (SSSR count). The van der Waals surface area contributed by atoms with E-state index in [1.807, 2.05) is 66.8 Å². The van der Waals surface area contributed by atoms with Gasteiger partial charge in [-0.15, -0.1) is 0 Å². The average Bonchev–Trinajstić information content (AvgIpc) is 3.23. The molecule has 1 aliphatic heterocycles. The minimum Gasteiger partial charge on any atom is -0.326 e. The summed E-state index contributed by atoms with van der Waals surface area (Å²) in [5.41, 5.74) is 2.84. The van der Waals surface area contributed by atoms with Crippen LogP contribution in [0.4, 0.5) is 0 Å². The zero-order valence-corrected chi connectivity index (χ0v) is 17.1. The molecule has 0 bridgehead atoms. The van der Waals surface area contributed by atoms with Crippen LogP contribution in [0, 0.1) is 13.8 Å². The van der Waals surface area contributed by atoms with Crippen LogP contribution in [0.3, 0.4) is 0 Å². The predicted molar refractivity (Wildman–Crippen MR) is 108 cm³/mol. The first-order chi connectivity index (χ1) is 14.0. The fraction of sp³-hybridized carbons (Fsp3) is 0.429. The summed E-state index contributed by atoms with van der Waals surface area (Å²) in [6.07, 6.45) is 0.351. The number of benzene rings is 1. The van der Waals surface area contributed by atoms with Crippen LogP contribution in [0.15, 0.2) is 41.2 Å². The van der Waals surface area contributed by atoms with Crippen LogP contribution in [-0.2, 0) is 24.4 Å². The number of carbonyl (C=O) groups is 1. The first kappa shape index (κ1) is 19.2. The molecule has 0 saturated carbocycles. The van der Waals surface area contributed by atoms with E-state index in [1.165, 1.54) is 4.68 Å². The lowest BCUT2D eigenvalue weighted by Gasteiger charge is -2.35. The Labute approximate surface area is 169 Å². The van der Waals surface area contributed by atoms with Crippen LogP contribution in [0.25, 0.3) is 0 Å². The highest BCUT2D eigenvalue weighted by Gasteiger charge is 2.35. The highest BCUT2D eigenvalue weighted by molar-refractivity contribution is 5.77. The Morgan fingerprint density at radius 2 is 1.86 bits per heavy atom. The summed E-state index contributed by atoms with van der Waals surface area (Å²) in [4.78, 5) is 27.7. The van der Waals surface area contributed by atoms with Gasteiger partial charge in [-0.3, -0.25) is 14.0 Å². The predicted octanol–water partition coefficient (Wildman–Crippen LogP) is 1.90. The van der Waals surface area contributed by atoms with Gasteiger partial charge in [-0.05, 0) is 32.4 Å². The van der Waals surface area contributed by atoms with Crippen LogP contribution < -0.4 is 5.69 Å². The van der Waals surface area contributed by atoms with Gasteiger partial charge in [0, 0.05) is 38.3 Å². The van der Waals surface area contributed by atoms with Gasteiger partial charge >= 0.3 is 5.69 Å². The Balaban J connectivity index is 1.65. The van der Waals surface area contributed by atoms with Crippen molar-refractivity contribution < 1.29 is 4.79 Å². The minimum atomic E-state index is -0.363. The fourth-order valence-electron chi connectivity index (χ4n) is 4.03. The van der Waals surface area contributed by atoms with Crippen molar-refractivity contribution in [1.29, 1.82) is 0 Å². The lowest BCUT2D eigenvalue weighted by molar-refractivity contribution is -0.134. The summed E-state index contributed by atoms with van der Waals surface area (Å²) in [6.45, 7) is 7.83. The summed E-state index contributed by atoms with van der Waals surface area (Å²) in [6, 6.07) is 11.4. The van der Waals surface area contributed by atoms with Crippen LogP contribution in [0.2, 0.25) is 0 Å². The Bertz CT molecular complexity index is 1080. The molecule has 29 heavy (non-hydrogen) atoms. The zero-order chi connectivity index (χ0) is 20.5. The topological polar surface area (TPSA) is 78.0 Å². The van der Waals surface area contributed by atoms with Crippen molar-refractivity contribution >= 4 is 5.91 Å². The summed E-state index contributed by atoms with van der Waals surface area (Å²) in [5.74, 6) is 0.671. The molecule has 8 heteroatoms. The van der Waals surface area contributed by atoms with E-state index in [-0.39, 0.29) is 17.6 Å². The van der Waals surface area contributed by atoms with Crippen LogP contribution in [0.5, 0.6) is 0 Å². The summed E-state index contributed by atoms with van der Waals surface area (Å²) >= 11 is 0.